The predicted octanol–water partition coefficient (Wildman–Crippen LogP) is 0.361. The lowest BCUT2D eigenvalue weighted by atomic mass is 10.4. The van der Waals surface area contributed by atoms with Gasteiger partial charge in [-0.1, -0.05) is 0 Å². The molecule has 0 N–H and O–H groups in total. The van der Waals surface area contributed by atoms with Gasteiger partial charge in [-0.25, -0.2) is 0 Å². The van der Waals surface area contributed by atoms with Crippen LogP contribution in [-0.4, -0.2) is 43.5 Å². The first-order valence-corrected chi connectivity index (χ1v) is 3.97. The van der Waals surface area contributed by atoms with E-state index >= 15 is 0 Å². The number of hydrogen-bond donors (Lipinski definition) is 1. The van der Waals surface area contributed by atoms with Crippen LogP contribution in [0.5, 0.6) is 0 Å². The van der Waals surface area contributed by atoms with E-state index in [1.165, 1.54) is 0 Å². The molecule has 0 atom stereocenters. The summed E-state index contributed by atoms with van der Waals surface area (Å²) in [6.45, 7) is 5.06. The van der Waals surface area contributed by atoms with Crippen LogP contribution >= 0.6 is 26.1 Å². The summed E-state index contributed by atoms with van der Waals surface area (Å²) in [5, 5.41) is 0. The lowest BCUT2D eigenvalue weighted by Crippen LogP contribution is -2.37. The molecule has 0 spiro atoms. The summed E-state index contributed by atoms with van der Waals surface area (Å²) in [4.78, 5) is 2.37. The molecule has 10 heavy (non-hydrogen) atoms. The van der Waals surface area contributed by atoms with Gasteiger partial charge in [-0.15, -0.1) is 0 Å². The molecule has 0 radical (unpaired) electrons. The lowest BCUT2D eigenvalue weighted by molar-refractivity contribution is 0.0410. The maximum Gasteiger partial charge on any atom is 0.0594 e. The smallest absolute Gasteiger partial charge is 0.0594 e. The number of morpholine rings is 1. The molecule has 62 valence electrons. The zero-order valence-corrected chi connectivity index (χ0v) is 7.94. The Morgan fingerprint density at radius 3 is 2.40 bits per heavy atom. The summed E-state index contributed by atoms with van der Waals surface area (Å²) >= 11 is 4.15. The molecule has 0 unspecified atom stereocenters. The van der Waals surface area contributed by atoms with Gasteiger partial charge < -0.3 is 4.74 Å². The summed E-state index contributed by atoms with van der Waals surface area (Å²) in [7, 11) is 0. The quantitative estimate of drug-likeness (QED) is 0.618. The fraction of sp³-hybridized carbons (Fsp3) is 1.00. The van der Waals surface area contributed by atoms with Gasteiger partial charge in [-0.05, 0) is 0 Å². The Morgan fingerprint density at radius 1 is 1.30 bits per heavy atom. The minimum absolute atomic E-state index is 0. The fourth-order valence-corrected chi connectivity index (χ4v) is 1.25. The van der Waals surface area contributed by atoms with Crippen molar-refractivity contribution in [3.63, 3.8) is 0 Å². The molecule has 0 aromatic carbocycles. The summed E-state index contributed by atoms with van der Waals surface area (Å²) in [6.07, 6.45) is 0. The third kappa shape index (κ3) is 3.71. The van der Waals surface area contributed by atoms with E-state index in [-0.39, 0.29) is 13.5 Å². The Balaban J connectivity index is 0.000000810. The zero-order valence-electron chi connectivity index (χ0n) is 6.05. The van der Waals surface area contributed by atoms with Crippen LogP contribution in [0.2, 0.25) is 0 Å². The van der Waals surface area contributed by atoms with Crippen LogP contribution in [0.4, 0.5) is 0 Å². The van der Waals surface area contributed by atoms with E-state index in [0.29, 0.717) is 0 Å². The standard InChI is InChI=1S/C6H13NOS.H2S/c9-6-3-7-1-4-8-5-2-7;/h9H,1-6H2;1H2. The fourth-order valence-electron chi connectivity index (χ4n) is 0.966. The van der Waals surface area contributed by atoms with Crippen LogP contribution < -0.4 is 0 Å². The monoisotopic (exact) mass is 181 g/mol. The molecule has 1 aliphatic heterocycles. The molecular formula is C6H15NOS2. The normalized spacial score (nSPS) is 20.1. The van der Waals surface area contributed by atoms with Crippen molar-refractivity contribution >= 4 is 26.1 Å². The minimum Gasteiger partial charge on any atom is -0.379 e. The van der Waals surface area contributed by atoms with Gasteiger partial charge in [0.05, 0.1) is 13.2 Å². The molecule has 1 rings (SSSR count). The summed E-state index contributed by atoms with van der Waals surface area (Å²) < 4.78 is 5.18. The van der Waals surface area contributed by atoms with Crippen LogP contribution in [0.1, 0.15) is 0 Å². The molecule has 1 saturated heterocycles. The molecule has 1 aliphatic rings. The van der Waals surface area contributed by atoms with Crippen molar-refractivity contribution in [1.29, 1.82) is 0 Å². The van der Waals surface area contributed by atoms with Crippen LogP contribution in [0.3, 0.4) is 0 Å². The first-order valence-electron chi connectivity index (χ1n) is 3.34. The topological polar surface area (TPSA) is 12.5 Å². The summed E-state index contributed by atoms with van der Waals surface area (Å²) in [5.74, 6) is 0.958. The van der Waals surface area contributed by atoms with Gasteiger partial charge >= 0.3 is 0 Å². The Morgan fingerprint density at radius 2 is 1.90 bits per heavy atom. The summed E-state index contributed by atoms with van der Waals surface area (Å²) in [6, 6.07) is 0. The number of ether oxygens (including phenoxy) is 1. The van der Waals surface area contributed by atoms with Gasteiger partial charge in [-0.3, -0.25) is 4.90 Å². The zero-order chi connectivity index (χ0) is 6.53. The first kappa shape index (κ1) is 10.6. The van der Waals surface area contributed by atoms with Crippen LogP contribution in [0.15, 0.2) is 0 Å². The average Bonchev–Trinajstić information content (AvgIpc) is 1.91. The van der Waals surface area contributed by atoms with Gasteiger partial charge in [0, 0.05) is 25.4 Å². The number of rotatable bonds is 2. The molecule has 0 saturated carbocycles. The lowest BCUT2D eigenvalue weighted by Gasteiger charge is -2.25. The SMILES string of the molecule is S.SCCN1CCOCC1. The molecule has 0 bridgehead atoms. The highest BCUT2D eigenvalue weighted by molar-refractivity contribution is 7.80. The van der Waals surface area contributed by atoms with Crippen molar-refractivity contribution in [3.05, 3.63) is 0 Å². The van der Waals surface area contributed by atoms with Gasteiger partial charge in [-0.2, -0.15) is 26.1 Å². The minimum atomic E-state index is 0. The largest absolute Gasteiger partial charge is 0.379 e. The number of nitrogens with zero attached hydrogens (tertiary/aromatic N) is 1. The van der Waals surface area contributed by atoms with E-state index in [9.17, 15) is 0 Å². The van der Waals surface area contributed by atoms with Crippen LogP contribution in [0, 0.1) is 0 Å². The Bertz CT molecular complexity index is 73.4. The molecule has 1 heterocycles. The molecule has 0 amide bonds. The second-order valence-corrected chi connectivity index (χ2v) is 2.62. The van der Waals surface area contributed by atoms with E-state index < -0.39 is 0 Å². The second kappa shape index (κ2) is 6.34. The average molecular weight is 181 g/mol. The van der Waals surface area contributed by atoms with E-state index in [1.54, 1.807) is 0 Å². The Kier molecular flexibility index (Phi) is 6.73. The molecule has 0 aromatic heterocycles. The van der Waals surface area contributed by atoms with Gasteiger partial charge in [0.1, 0.15) is 0 Å². The van der Waals surface area contributed by atoms with Crippen molar-refractivity contribution in [1.82, 2.24) is 4.90 Å². The van der Waals surface area contributed by atoms with E-state index in [1.807, 2.05) is 0 Å². The number of hydrogen-bond acceptors (Lipinski definition) is 3. The molecule has 0 aliphatic carbocycles. The molecule has 4 heteroatoms. The highest BCUT2D eigenvalue weighted by Gasteiger charge is 2.07. The highest BCUT2D eigenvalue weighted by atomic mass is 32.1. The maximum absolute atomic E-state index is 5.18. The van der Waals surface area contributed by atoms with E-state index in [0.717, 1.165) is 38.6 Å². The molecule has 1 fully saturated rings. The van der Waals surface area contributed by atoms with Crippen molar-refractivity contribution < 1.29 is 4.74 Å². The van der Waals surface area contributed by atoms with Crippen LogP contribution in [0.25, 0.3) is 0 Å². The van der Waals surface area contributed by atoms with Crippen molar-refractivity contribution in [2.45, 2.75) is 0 Å². The van der Waals surface area contributed by atoms with Crippen molar-refractivity contribution in [2.24, 2.45) is 0 Å². The Labute approximate surface area is 74.8 Å². The van der Waals surface area contributed by atoms with Crippen molar-refractivity contribution in [2.75, 3.05) is 38.6 Å². The number of thiol groups is 1. The molecule has 2 nitrogen and oxygen atoms in total. The second-order valence-electron chi connectivity index (χ2n) is 2.18. The summed E-state index contributed by atoms with van der Waals surface area (Å²) in [5.41, 5.74) is 0. The molecule has 0 aromatic rings. The van der Waals surface area contributed by atoms with Gasteiger partial charge in [0.2, 0.25) is 0 Å². The van der Waals surface area contributed by atoms with Crippen LogP contribution in [-0.2, 0) is 4.74 Å². The van der Waals surface area contributed by atoms with E-state index in [4.69, 9.17) is 4.74 Å². The van der Waals surface area contributed by atoms with E-state index in [2.05, 4.69) is 17.5 Å². The maximum atomic E-state index is 5.18. The highest BCUT2D eigenvalue weighted by Crippen LogP contribution is 1.95. The third-order valence-electron chi connectivity index (χ3n) is 1.52. The predicted molar refractivity (Wildman–Crippen MR) is 51.5 cm³/mol. The van der Waals surface area contributed by atoms with Gasteiger partial charge in [0.15, 0.2) is 0 Å². The third-order valence-corrected chi connectivity index (χ3v) is 1.72. The molecular weight excluding hydrogens is 166 g/mol. The van der Waals surface area contributed by atoms with Crippen molar-refractivity contribution in [3.8, 4) is 0 Å². The first-order chi connectivity index (χ1) is 4.43. The van der Waals surface area contributed by atoms with Gasteiger partial charge in [0.25, 0.3) is 0 Å². The Hall–Kier alpha value is 0.620.